The molecule has 0 bridgehead atoms. The highest BCUT2D eigenvalue weighted by molar-refractivity contribution is 6.34. The number of aliphatic hydroxyl groups excluding tert-OH is 1. The van der Waals surface area contributed by atoms with E-state index in [1.165, 1.54) is 81.9 Å². The minimum Gasteiger partial charge on any atom is -0.392 e. The highest BCUT2D eigenvalue weighted by atomic mass is 16.7. The Bertz CT molecular complexity index is 1410. The molecule has 0 radical (unpaired) electrons. The van der Waals surface area contributed by atoms with Gasteiger partial charge in [0.15, 0.2) is 6.29 Å². The third kappa shape index (κ3) is 10.1. The number of rotatable bonds is 20. The maximum Gasteiger partial charge on any atom is 0.266 e. The van der Waals surface area contributed by atoms with Crippen molar-refractivity contribution in [3.05, 3.63) is 101 Å². The van der Waals surface area contributed by atoms with Gasteiger partial charge in [0.1, 0.15) is 0 Å². The first-order chi connectivity index (χ1) is 24.0. The standard InChI is InChI=1S/C42H56N2O5/c1-3-5-7-9-11-15-27-43(28-16-12-10-8-6-4-2)30-36-29-39(33-21-19-32(31-45)20-22-33)49-42(48-36)34-23-25-35(26-24-34)44-40(46)37-17-13-14-18-38(37)41(44)47/h13-14,17-26,36,39,42,45H,3-12,15-16,27-31H2,1-2H3/t36-,39+,42+/m0/s1. The topological polar surface area (TPSA) is 79.3 Å². The van der Waals surface area contributed by atoms with E-state index in [1.807, 2.05) is 48.5 Å². The second-order valence-corrected chi connectivity index (χ2v) is 13.8. The van der Waals surface area contributed by atoms with Crippen molar-refractivity contribution >= 4 is 17.5 Å². The zero-order valence-corrected chi connectivity index (χ0v) is 29.7. The van der Waals surface area contributed by atoms with Crippen molar-refractivity contribution in [1.82, 2.24) is 4.90 Å². The summed E-state index contributed by atoms with van der Waals surface area (Å²) in [6, 6.07) is 22.4. The van der Waals surface area contributed by atoms with Gasteiger partial charge in [-0.05, 0) is 61.3 Å². The van der Waals surface area contributed by atoms with Crippen molar-refractivity contribution in [2.45, 2.75) is 122 Å². The third-order valence-corrected chi connectivity index (χ3v) is 9.95. The van der Waals surface area contributed by atoms with Gasteiger partial charge >= 0.3 is 0 Å². The summed E-state index contributed by atoms with van der Waals surface area (Å²) in [5.74, 6) is -0.610. The van der Waals surface area contributed by atoms with Gasteiger partial charge in [-0.25, -0.2) is 4.90 Å². The van der Waals surface area contributed by atoms with Crippen molar-refractivity contribution in [2.75, 3.05) is 24.5 Å². The minimum absolute atomic E-state index is 0.00542. The van der Waals surface area contributed by atoms with Gasteiger partial charge in [-0.3, -0.25) is 9.59 Å². The Kier molecular flexibility index (Phi) is 14.4. The molecule has 0 spiro atoms. The Labute approximate surface area is 293 Å². The van der Waals surface area contributed by atoms with Gasteiger partial charge < -0.3 is 19.5 Å². The van der Waals surface area contributed by atoms with Gasteiger partial charge in [0.2, 0.25) is 0 Å². The van der Waals surface area contributed by atoms with Crippen LogP contribution in [0.5, 0.6) is 0 Å². The second kappa shape index (κ2) is 19.1. The lowest BCUT2D eigenvalue weighted by molar-refractivity contribution is -0.253. The molecule has 5 rings (SSSR count). The van der Waals surface area contributed by atoms with E-state index in [2.05, 4.69) is 18.7 Å². The first kappa shape index (κ1) is 36.9. The highest BCUT2D eigenvalue weighted by Gasteiger charge is 2.37. The molecular weight excluding hydrogens is 612 g/mol. The summed E-state index contributed by atoms with van der Waals surface area (Å²) in [6.07, 6.45) is 15.3. The Balaban J connectivity index is 1.30. The summed E-state index contributed by atoms with van der Waals surface area (Å²) in [7, 11) is 0. The molecule has 1 fully saturated rings. The van der Waals surface area contributed by atoms with E-state index in [1.54, 1.807) is 24.3 Å². The first-order valence-electron chi connectivity index (χ1n) is 18.8. The van der Waals surface area contributed by atoms with Crippen LogP contribution in [0.1, 0.15) is 147 Å². The predicted octanol–water partition coefficient (Wildman–Crippen LogP) is 9.55. The number of unbranched alkanes of at least 4 members (excludes halogenated alkanes) is 10. The fourth-order valence-electron chi connectivity index (χ4n) is 7.05. The Morgan fingerprint density at radius 3 is 1.76 bits per heavy atom. The molecule has 1 N–H and O–H groups in total. The molecule has 3 aromatic carbocycles. The molecule has 7 heteroatoms. The number of anilines is 1. The van der Waals surface area contributed by atoms with Crippen LogP contribution in [0.15, 0.2) is 72.8 Å². The van der Waals surface area contributed by atoms with Crippen LogP contribution in [0.3, 0.4) is 0 Å². The number of amides is 2. The third-order valence-electron chi connectivity index (χ3n) is 9.95. The molecule has 0 saturated carbocycles. The lowest BCUT2D eigenvalue weighted by Crippen LogP contribution is -2.40. The van der Waals surface area contributed by atoms with Crippen LogP contribution >= 0.6 is 0 Å². The average molecular weight is 669 g/mol. The largest absolute Gasteiger partial charge is 0.392 e. The van der Waals surface area contributed by atoms with Crippen molar-refractivity contribution in [1.29, 1.82) is 0 Å². The normalized spacial score (nSPS) is 19.2. The molecule has 49 heavy (non-hydrogen) atoms. The molecule has 0 aliphatic carbocycles. The number of fused-ring (bicyclic) bond motifs is 1. The number of carbonyl (C=O) groups excluding carboxylic acids is 2. The summed E-state index contributed by atoms with van der Waals surface area (Å²) in [5, 5.41) is 9.62. The van der Waals surface area contributed by atoms with E-state index in [-0.39, 0.29) is 30.6 Å². The Morgan fingerprint density at radius 1 is 0.673 bits per heavy atom. The fourth-order valence-corrected chi connectivity index (χ4v) is 7.05. The highest BCUT2D eigenvalue weighted by Crippen LogP contribution is 2.39. The maximum atomic E-state index is 13.1. The van der Waals surface area contributed by atoms with Gasteiger partial charge in [0, 0.05) is 18.5 Å². The van der Waals surface area contributed by atoms with Crippen LogP contribution in [0.4, 0.5) is 5.69 Å². The van der Waals surface area contributed by atoms with Crippen LogP contribution in [-0.2, 0) is 16.1 Å². The number of benzene rings is 3. The maximum absolute atomic E-state index is 13.1. The quantitative estimate of drug-likeness (QED) is 0.0955. The summed E-state index contributed by atoms with van der Waals surface area (Å²) < 4.78 is 13.3. The summed E-state index contributed by atoms with van der Waals surface area (Å²) >= 11 is 0. The van der Waals surface area contributed by atoms with Gasteiger partial charge in [-0.2, -0.15) is 0 Å². The molecule has 2 amide bonds. The van der Waals surface area contributed by atoms with Gasteiger partial charge in [0.05, 0.1) is 35.6 Å². The predicted molar refractivity (Wildman–Crippen MR) is 196 cm³/mol. The number of imide groups is 1. The molecular formula is C42H56N2O5. The molecule has 0 aromatic heterocycles. The molecule has 3 atom stereocenters. The summed E-state index contributed by atoms with van der Waals surface area (Å²) in [4.78, 5) is 30.1. The van der Waals surface area contributed by atoms with Gasteiger partial charge in [-0.15, -0.1) is 0 Å². The number of ether oxygens (including phenoxy) is 2. The van der Waals surface area contributed by atoms with E-state index in [0.717, 1.165) is 42.7 Å². The van der Waals surface area contributed by atoms with Crippen molar-refractivity contribution in [3.63, 3.8) is 0 Å². The van der Waals surface area contributed by atoms with Crippen LogP contribution < -0.4 is 4.90 Å². The van der Waals surface area contributed by atoms with Crippen LogP contribution in [-0.4, -0.2) is 47.6 Å². The zero-order chi connectivity index (χ0) is 34.4. The lowest BCUT2D eigenvalue weighted by atomic mass is 9.99. The molecule has 2 aliphatic rings. The molecule has 7 nitrogen and oxygen atoms in total. The SMILES string of the molecule is CCCCCCCCN(CCCCCCCC)C[C@@H]1C[C@H](c2ccc(CO)cc2)O[C@H](c2ccc(N3C(=O)c4ccccc4C3=O)cc2)O1. The molecule has 3 aromatic rings. The van der Waals surface area contributed by atoms with E-state index >= 15 is 0 Å². The Hall–Kier alpha value is -3.36. The average Bonchev–Trinajstić information content (AvgIpc) is 3.39. The molecule has 0 unspecified atom stereocenters. The van der Waals surface area contributed by atoms with E-state index in [9.17, 15) is 14.7 Å². The smallest absolute Gasteiger partial charge is 0.266 e. The monoisotopic (exact) mass is 668 g/mol. The number of hydrogen-bond donors (Lipinski definition) is 1. The summed E-state index contributed by atoms with van der Waals surface area (Å²) in [6.45, 7) is 7.55. The van der Waals surface area contributed by atoms with Crippen LogP contribution in [0.25, 0.3) is 0 Å². The van der Waals surface area contributed by atoms with E-state index in [4.69, 9.17) is 9.47 Å². The van der Waals surface area contributed by atoms with Crippen molar-refractivity contribution in [3.8, 4) is 0 Å². The number of nitrogens with zero attached hydrogens (tertiary/aromatic N) is 2. The Morgan fingerprint density at radius 2 is 1.20 bits per heavy atom. The van der Waals surface area contributed by atoms with Crippen molar-refractivity contribution in [2.24, 2.45) is 0 Å². The molecule has 2 heterocycles. The fraction of sp³-hybridized carbons (Fsp3) is 0.524. The van der Waals surface area contributed by atoms with E-state index < -0.39 is 6.29 Å². The van der Waals surface area contributed by atoms with Gasteiger partial charge in [-0.1, -0.05) is 127 Å². The van der Waals surface area contributed by atoms with Crippen LogP contribution in [0.2, 0.25) is 0 Å². The lowest BCUT2D eigenvalue weighted by Gasteiger charge is -2.38. The number of carbonyl (C=O) groups is 2. The summed E-state index contributed by atoms with van der Waals surface area (Å²) in [5.41, 5.74) is 4.18. The molecule has 1 saturated heterocycles. The number of hydrogen-bond acceptors (Lipinski definition) is 6. The first-order valence-corrected chi connectivity index (χ1v) is 18.8. The van der Waals surface area contributed by atoms with Gasteiger partial charge in [0.25, 0.3) is 11.8 Å². The van der Waals surface area contributed by atoms with E-state index in [0.29, 0.717) is 16.8 Å². The molecule has 2 aliphatic heterocycles. The number of aliphatic hydroxyl groups is 1. The molecule has 264 valence electrons. The zero-order valence-electron chi connectivity index (χ0n) is 29.7. The minimum atomic E-state index is -0.595. The van der Waals surface area contributed by atoms with Crippen LogP contribution in [0, 0.1) is 0 Å². The second-order valence-electron chi connectivity index (χ2n) is 13.8. The van der Waals surface area contributed by atoms with Crippen molar-refractivity contribution < 1.29 is 24.2 Å².